The highest BCUT2D eigenvalue weighted by Crippen LogP contribution is 2.52. The van der Waals surface area contributed by atoms with Crippen LogP contribution in [0.15, 0.2) is 0 Å². The lowest BCUT2D eigenvalue weighted by Crippen LogP contribution is -2.69. The minimum atomic E-state index is -1.86. The van der Waals surface area contributed by atoms with Crippen LogP contribution in [0.3, 0.4) is 0 Å². The summed E-state index contributed by atoms with van der Waals surface area (Å²) >= 11 is 12.8. The van der Waals surface area contributed by atoms with Crippen LogP contribution < -0.4 is 10.5 Å². The van der Waals surface area contributed by atoms with Gasteiger partial charge < -0.3 is 155 Å². The normalized spacial score (nSPS) is 49.1. The lowest BCUT2D eigenvalue weighted by Gasteiger charge is -2.50. The Bertz CT molecular complexity index is 3010. The van der Waals surface area contributed by atoms with E-state index in [1.54, 1.807) is 34.8 Å². The molecule has 0 aromatic heterocycles. The van der Waals surface area contributed by atoms with Gasteiger partial charge in [-0.1, -0.05) is 30.1 Å². The van der Waals surface area contributed by atoms with Crippen LogP contribution in [0.4, 0.5) is 0 Å². The molecule has 8 N–H and O–H groups in total. The molecular formula is C67H103Cl2NO32. The molecule has 0 amide bonds. The molecule has 11 aliphatic rings. The van der Waals surface area contributed by atoms with E-state index in [9.17, 15) is 35.4 Å². The van der Waals surface area contributed by atoms with E-state index in [1.807, 2.05) is 20.8 Å². The summed E-state index contributed by atoms with van der Waals surface area (Å²) in [5.74, 6) is -5.81. The van der Waals surface area contributed by atoms with Crippen molar-refractivity contribution in [1.29, 1.82) is 0 Å². The van der Waals surface area contributed by atoms with Gasteiger partial charge in [-0.2, -0.15) is 0 Å². The van der Waals surface area contributed by atoms with Crippen LogP contribution in [-0.2, 0) is 114 Å². The second-order valence-corrected chi connectivity index (χ2v) is 29.9. The van der Waals surface area contributed by atoms with Gasteiger partial charge in [-0.15, -0.1) is 0 Å². The fourth-order valence-electron chi connectivity index (χ4n) is 17.2. The zero-order valence-corrected chi connectivity index (χ0v) is 61.5. The van der Waals surface area contributed by atoms with E-state index in [0.29, 0.717) is 0 Å². The van der Waals surface area contributed by atoms with Gasteiger partial charge in [0.15, 0.2) is 60.9 Å². The van der Waals surface area contributed by atoms with E-state index < -0.39 is 231 Å². The summed E-state index contributed by atoms with van der Waals surface area (Å²) in [6.45, 7) is 13.4. The number of benzene rings is 1. The number of nitrogens with two attached hydrogens (primary N) is 1. The fraction of sp³-hybridized carbons (Fsp3) is 0.896. The molecule has 9 saturated heterocycles. The molecule has 102 heavy (non-hydrogen) atoms. The van der Waals surface area contributed by atoms with E-state index in [2.05, 4.69) is 0 Å². The molecule has 12 rings (SSSR count). The molecule has 1 unspecified atom stereocenters. The van der Waals surface area contributed by atoms with Crippen molar-refractivity contribution in [3.05, 3.63) is 21.2 Å². The Hall–Kier alpha value is -2.29. The maximum Gasteiger partial charge on any atom is 0.342 e. The van der Waals surface area contributed by atoms with Crippen molar-refractivity contribution < 1.29 is 154 Å². The molecule has 1 aromatic carbocycles. The number of fused-ring (bicyclic) bond motifs is 4. The number of ether oxygens (including phenoxy) is 25. The van der Waals surface area contributed by atoms with E-state index >= 15 is 0 Å². The number of halogens is 2. The molecule has 582 valence electrons. The standard InChI is InChI=1S/C67H103Cl2NO32/c1-25-18-65(19-33(71)46(25)95-37-17-35(93-38-20-64(8,70)57(84-15)30(6)90-38)47(27(3)89-37)96-60(76)39-26(2)40(68)42(72)41(69)53(39)82-13)100-49-29(5)92-63(45(75)55(49)101-65)98-54-44(74)62(91-28(4)48(54)80-11)97-50-32(21-78-9)16-34(52(81-12)56(50)83-14)94-61-43(73)51-36(22-85-61)99-67(102-51)59-58(86-24-87-59)66(77,23-88-67)31(7)79-10/h25,27-38,43-52,54-59,61-63,71-75,77H,16-24,70H2,1-15H3/t25-,27+,28+,29+,30-,31?,32+,33+,34+,35+,36-,37-,38-,43+,44+,45-,46+,47+,48-,49+,50+,51+,52+,54+,55+,56-,57-,58+,59+,61-,62-,63-,64-,65-,66+,67+/m0/s1. The molecule has 35 heteroatoms. The number of aromatic hydroxyl groups is 1. The maximum atomic E-state index is 14.3. The third kappa shape index (κ3) is 14.7. The number of methoxy groups -OCH3 is 7. The van der Waals surface area contributed by atoms with Crippen LogP contribution >= 0.6 is 23.2 Å². The molecule has 0 bridgehead atoms. The third-order valence-corrected chi connectivity index (χ3v) is 23.2. The second kappa shape index (κ2) is 31.6. The summed E-state index contributed by atoms with van der Waals surface area (Å²) in [6.07, 6.45) is -30.0. The summed E-state index contributed by atoms with van der Waals surface area (Å²) < 4.78 is 156. The van der Waals surface area contributed by atoms with Crippen molar-refractivity contribution in [2.45, 2.75) is 294 Å². The van der Waals surface area contributed by atoms with Crippen molar-refractivity contribution in [1.82, 2.24) is 0 Å². The Morgan fingerprint density at radius 3 is 1.95 bits per heavy atom. The first-order chi connectivity index (χ1) is 48.4. The Morgan fingerprint density at radius 1 is 0.637 bits per heavy atom. The molecular weight excluding hydrogens is 1400 g/mol. The van der Waals surface area contributed by atoms with E-state index in [1.165, 1.54) is 49.6 Å². The van der Waals surface area contributed by atoms with Gasteiger partial charge in [-0.25, -0.2) is 4.79 Å². The minimum absolute atomic E-state index is 0.0275. The van der Waals surface area contributed by atoms with Gasteiger partial charge in [0.25, 0.3) is 0 Å². The number of rotatable bonds is 21. The van der Waals surface area contributed by atoms with Crippen LogP contribution in [-0.4, -0.2) is 320 Å². The number of aliphatic hydroxyl groups excluding tert-OH is 4. The van der Waals surface area contributed by atoms with Gasteiger partial charge in [-0.05, 0) is 66.4 Å². The largest absolute Gasteiger partial charge is 0.505 e. The van der Waals surface area contributed by atoms with E-state index in [0.717, 1.165) is 0 Å². The number of phenolic OH excluding ortho intramolecular Hbond substituents is 1. The van der Waals surface area contributed by atoms with Crippen LogP contribution in [0.2, 0.25) is 10.0 Å². The highest BCUT2D eigenvalue weighted by molar-refractivity contribution is 6.39. The van der Waals surface area contributed by atoms with Crippen molar-refractivity contribution in [2.24, 2.45) is 17.6 Å². The molecule has 9 aliphatic heterocycles. The van der Waals surface area contributed by atoms with Crippen LogP contribution in [0.1, 0.15) is 96.5 Å². The van der Waals surface area contributed by atoms with Gasteiger partial charge in [0, 0.05) is 79.8 Å². The van der Waals surface area contributed by atoms with Crippen molar-refractivity contribution in [3.8, 4) is 11.5 Å². The zero-order chi connectivity index (χ0) is 73.6. The van der Waals surface area contributed by atoms with Crippen molar-refractivity contribution in [3.63, 3.8) is 0 Å². The van der Waals surface area contributed by atoms with Gasteiger partial charge >= 0.3 is 11.9 Å². The van der Waals surface area contributed by atoms with Gasteiger partial charge in [0.2, 0.25) is 0 Å². The molecule has 1 aromatic rings. The average Bonchev–Trinajstić information content (AvgIpc) is 1.55. The molecule has 33 nitrogen and oxygen atoms in total. The van der Waals surface area contributed by atoms with Gasteiger partial charge in [0.1, 0.15) is 108 Å². The molecule has 9 heterocycles. The third-order valence-electron chi connectivity index (χ3n) is 22.4. The Labute approximate surface area is 601 Å². The number of aliphatic hydroxyl groups is 5. The lowest BCUT2D eigenvalue weighted by atomic mass is 9.80. The summed E-state index contributed by atoms with van der Waals surface area (Å²) in [5.41, 5.74) is 4.31. The van der Waals surface area contributed by atoms with E-state index in [-0.39, 0.29) is 85.6 Å². The Morgan fingerprint density at radius 2 is 1.28 bits per heavy atom. The summed E-state index contributed by atoms with van der Waals surface area (Å²) in [7, 11) is 10.2. The Balaban J connectivity index is 0.687. The first kappa shape index (κ1) is 79.3. The Kier molecular flexibility index (Phi) is 24.6. The SMILES string of the molecule is COC[C@H]1C[C@@H](O[C@@H]2OC[C@@H]3O[C@@]4(OC[C@@](O)(C(C)OC)[C@@H]5OCO[C@H]54)O[C@H]3[C@H]2O)[C@@H](OC)[C@@H](OC)[C@@H]1O[C@@H]1O[C@H](C)[C@H](OC)[C@H](O[C@@H]2O[C@H](C)[C@H]3O[C@]4(C[C@@H](O)[C@H](O[C@H]5C[C@@H](O[C@H]6C[C@](C)(N)[C@@H](OC)[C@H](C)O6)[C@H](OC(=O)c6c(C)c(Cl)c(O)c(Cl)c6OC)[C@@H](C)O5)[C@@H](C)C4)O[C@@H]3[C@@H]2O)[C@H]1O. The number of hydrogen-bond donors (Lipinski definition) is 7. The van der Waals surface area contributed by atoms with Crippen LogP contribution in [0.25, 0.3) is 0 Å². The summed E-state index contributed by atoms with van der Waals surface area (Å²) in [5, 5.41) is 70.6. The predicted molar refractivity (Wildman–Crippen MR) is 344 cm³/mol. The number of carbonyl (C=O) groups is 1. The number of phenols is 1. The predicted octanol–water partition coefficient (Wildman–Crippen LogP) is 1.36. The quantitative estimate of drug-likeness (QED) is 0.0854. The molecule has 36 atom stereocenters. The minimum Gasteiger partial charge on any atom is -0.505 e. The maximum absolute atomic E-state index is 14.3. The first-order valence-electron chi connectivity index (χ1n) is 34.8. The molecule has 0 radical (unpaired) electrons. The highest BCUT2D eigenvalue weighted by atomic mass is 35.5. The van der Waals surface area contributed by atoms with Gasteiger partial charge in [0.05, 0.1) is 86.9 Å². The summed E-state index contributed by atoms with van der Waals surface area (Å²) in [4.78, 5) is 14.3. The lowest BCUT2D eigenvalue weighted by molar-refractivity contribution is -0.421. The van der Waals surface area contributed by atoms with E-state index in [4.69, 9.17) is 147 Å². The fourth-order valence-corrected chi connectivity index (χ4v) is 17.7. The number of hydrogen-bond acceptors (Lipinski definition) is 33. The van der Waals surface area contributed by atoms with Crippen molar-refractivity contribution >= 4 is 29.2 Å². The monoisotopic (exact) mass is 1500 g/mol. The van der Waals surface area contributed by atoms with Crippen molar-refractivity contribution in [2.75, 3.05) is 76.4 Å². The molecule has 2 spiro atoms. The van der Waals surface area contributed by atoms with Crippen LogP contribution in [0, 0.1) is 18.8 Å². The molecule has 2 aliphatic carbocycles. The first-order valence-corrected chi connectivity index (χ1v) is 35.6. The van der Waals surface area contributed by atoms with Crippen LogP contribution in [0.5, 0.6) is 11.5 Å². The summed E-state index contributed by atoms with van der Waals surface area (Å²) in [6, 6.07) is 0. The number of carbonyl (C=O) groups excluding carboxylic acids is 1. The second-order valence-electron chi connectivity index (χ2n) is 29.1. The topological polar surface area (TPSA) is 395 Å². The molecule has 2 saturated carbocycles. The highest BCUT2D eigenvalue weighted by Gasteiger charge is 2.71. The zero-order valence-electron chi connectivity index (χ0n) is 60.0. The number of esters is 1. The average molecular weight is 1510 g/mol. The smallest absolute Gasteiger partial charge is 0.342 e. The molecule has 11 fully saturated rings. The van der Waals surface area contributed by atoms with Gasteiger partial charge in [-0.3, -0.25) is 0 Å².